The number of ether oxygens (including phenoxy) is 1. The molecule has 1 heterocycles. The van der Waals surface area contributed by atoms with E-state index in [9.17, 15) is 4.79 Å². The highest BCUT2D eigenvalue weighted by molar-refractivity contribution is 5.68. The van der Waals surface area contributed by atoms with Gasteiger partial charge < -0.3 is 9.64 Å². The van der Waals surface area contributed by atoms with Gasteiger partial charge in [-0.1, -0.05) is 6.92 Å². The Balaban J connectivity index is 2.29. The second kappa shape index (κ2) is 6.81. The van der Waals surface area contributed by atoms with E-state index >= 15 is 0 Å². The van der Waals surface area contributed by atoms with Crippen LogP contribution in [0.3, 0.4) is 0 Å². The monoisotopic (exact) mass is 266 g/mol. The van der Waals surface area contributed by atoms with Gasteiger partial charge in [0.15, 0.2) is 0 Å². The van der Waals surface area contributed by atoms with Gasteiger partial charge in [0.2, 0.25) is 0 Å². The van der Waals surface area contributed by atoms with Gasteiger partial charge >= 0.3 is 6.09 Å². The summed E-state index contributed by atoms with van der Waals surface area (Å²) in [5.41, 5.74) is -0.420. The molecule has 0 bridgehead atoms. The molecule has 1 saturated heterocycles. The van der Waals surface area contributed by atoms with Gasteiger partial charge in [-0.25, -0.2) is 4.79 Å². The highest BCUT2D eigenvalue weighted by atomic mass is 16.6. The van der Waals surface area contributed by atoms with E-state index in [-0.39, 0.29) is 6.09 Å². The third-order valence-electron chi connectivity index (χ3n) is 3.19. The molecule has 1 amide bonds. The number of hydrogen-bond donors (Lipinski definition) is 0. The molecule has 1 fully saturated rings. The summed E-state index contributed by atoms with van der Waals surface area (Å²) < 4.78 is 5.37. The summed E-state index contributed by atoms with van der Waals surface area (Å²) in [5.74, 6) is 3.07. The lowest BCUT2D eigenvalue weighted by Crippen LogP contribution is -2.50. The highest BCUT2D eigenvalue weighted by Gasteiger charge is 2.25. The number of carbonyl (C=O) groups excluding carboxylic acids is 1. The van der Waals surface area contributed by atoms with Crippen molar-refractivity contribution in [1.82, 2.24) is 9.80 Å². The van der Waals surface area contributed by atoms with Crippen LogP contribution in [0.25, 0.3) is 0 Å². The zero-order valence-electron chi connectivity index (χ0n) is 12.6. The van der Waals surface area contributed by atoms with E-state index in [1.807, 2.05) is 20.8 Å². The standard InChI is InChI=1S/C15H26N2O2/c1-6-13(2)7-8-16-9-11-17(12-10-16)14(18)19-15(3,4)5/h1,13H,7-12H2,2-5H3. The molecule has 1 aliphatic rings. The molecule has 4 nitrogen and oxygen atoms in total. The molecule has 1 rings (SSSR count). The van der Waals surface area contributed by atoms with Crippen LogP contribution in [0.15, 0.2) is 0 Å². The molecule has 0 N–H and O–H groups in total. The Morgan fingerprint density at radius 1 is 1.32 bits per heavy atom. The molecule has 0 aromatic carbocycles. The molecule has 1 atom stereocenters. The number of piperazine rings is 1. The van der Waals surface area contributed by atoms with Crippen LogP contribution in [-0.2, 0) is 4.74 Å². The molecule has 0 aliphatic carbocycles. The fourth-order valence-electron chi connectivity index (χ4n) is 1.94. The first-order chi connectivity index (χ1) is 8.81. The smallest absolute Gasteiger partial charge is 0.410 e. The van der Waals surface area contributed by atoms with Crippen LogP contribution in [0.5, 0.6) is 0 Å². The van der Waals surface area contributed by atoms with Crippen LogP contribution in [0, 0.1) is 18.3 Å². The lowest BCUT2D eigenvalue weighted by Gasteiger charge is -2.35. The molecule has 0 aromatic heterocycles. The average Bonchev–Trinajstić information content (AvgIpc) is 2.34. The maximum absolute atomic E-state index is 11.9. The van der Waals surface area contributed by atoms with E-state index in [0.717, 1.165) is 39.1 Å². The average molecular weight is 266 g/mol. The molecule has 19 heavy (non-hydrogen) atoms. The summed E-state index contributed by atoms with van der Waals surface area (Å²) in [6.07, 6.45) is 6.18. The van der Waals surface area contributed by atoms with Crippen molar-refractivity contribution in [2.75, 3.05) is 32.7 Å². The molecule has 0 aromatic rings. The lowest BCUT2D eigenvalue weighted by molar-refractivity contribution is 0.0143. The SMILES string of the molecule is C#CC(C)CCN1CCN(C(=O)OC(C)(C)C)CC1. The third kappa shape index (κ3) is 5.98. The normalized spacial score (nSPS) is 18.8. The predicted octanol–water partition coefficient (Wildman–Crippen LogP) is 2.20. The van der Waals surface area contributed by atoms with E-state index < -0.39 is 5.60 Å². The number of carbonyl (C=O) groups is 1. The summed E-state index contributed by atoms with van der Waals surface area (Å²) in [6, 6.07) is 0. The Bertz CT molecular complexity index is 333. The first-order valence-corrected chi connectivity index (χ1v) is 6.98. The minimum absolute atomic E-state index is 0.204. The Hall–Kier alpha value is -1.21. The summed E-state index contributed by atoms with van der Waals surface area (Å²) in [6.45, 7) is 12.0. The minimum Gasteiger partial charge on any atom is -0.444 e. The van der Waals surface area contributed by atoms with E-state index in [0.29, 0.717) is 5.92 Å². The fourth-order valence-corrected chi connectivity index (χ4v) is 1.94. The molecule has 108 valence electrons. The Morgan fingerprint density at radius 2 is 1.89 bits per heavy atom. The summed E-state index contributed by atoms with van der Waals surface area (Å²) >= 11 is 0. The van der Waals surface area contributed by atoms with E-state index in [4.69, 9.17) is 11.2 Å². The van der Waals surface area contributed by atoms with Crippen molar-refractivity contribution in [3.8, 4) is 12.3 Å². The van der Waals surface area contributed by atoms with Crippen molar-refractivity contribution in [3.63, 3.8) is 0 Å². The number of terminal acetylenes is 1. The van der Waals surface area contributed by atoms with Gasteiger partial charge in [-0.2, -0.15) is 0 Å². The Kier molecular flexibility index (Phi) is 5.68. The predicted molar refractivity (Wildman–Crippen MR) is 76.9 cm³/mol. The molecule has 4 heteroatoms. The second-order valence-electron chi connectivity index (χ2n) is 6.17. The van der Waals surface area contributed by atoms with Crippen molar-refractivity contribution in [1.29, 1.82) is 0 Å². The fraction of sp³-hybridized carbons (Fsp3) is 0.800. The van der Waals surface area contributed by atoms with Crippen molar-refractivity contribution in [3.05, 3.63) is 0 Å². The van der Waals surface area contributed by atoms with E-state index in [2.05, 4.69) is 17.7 Å². The quantitative estimate of drug-likeness (QED) is 0.734. The third-order valence-corrected chi connectivity index (χ3v) is 3.19. The van der Waals surface area contributed by atoms with Crippen LogP contribution in [0.2, 0.25) is 0 Å². The van der Waals surface area contributed by atoms with Gasteiger partial charge in [0.05, 0.1) is 0 Å². The number of nitrogens with zero attached hydrogens (tertiary/aromatic N) is 2. The molecule has 1 aliphatic heterocycles. The maximum atomic E-state index is 11.9. The zero-order valence-corrected chi connectivity index (χ0v) is 12.6. The minimum atomic E-state index is -0.420. The van der Waals surface area contributed by atoms with Gasteiger partial charge in [-0.05, 0) is 33.7 Å². The number of hydrogen-bond acceptors (Lipinski definition) is 3. The van der Waals surface area contributed by atoms with Crippen LogP contribution in [-0.4, -0.2) is 54.2 Å². The number of rotatable bonds is 3. The van der Waals surface area contributed by atoms with Gasteiger partial charge in [0, 0.05) is 32.1 Å². The molecule has 1 unspecified atom stereocenters. The van der Waals surface area contributed by atoms with Crippen molar-refractivity contribution in [2.45, 2.75) is 39.7 Å². The first kappa shape index (κ1) is 15.8. The van der Waals surface area contributed by atoms with Crippen LogP contribution in [0.4, 0.5) is 4.79 Å². The molecule has 0 radical (unpaired) electrons. The van der Waals surface area contributed by atoms with E-state index in [1.54, 1.807) is 4.90 Å². The molecular weight excluding hydrogens is 240 g/mol. The largest absolute Gasteiger partial charge is 0.444 e. The maximum Gasteiger partial charge on any atom is 0.410 e. The van der Waals surface area contributed by atoms with Crippen molar-refractivity contribution < 1.29 is 9.53 Å². The first-order valence-electron chi connectivity index (χ1n) is 6.98. The summed E-state index contributed by atoms with van der Waals surface area (Å²) in [4.78, 5) is 16.0. The van der Waals surface area contributed by atoms with Crippen molar-refractivity contribution in [2.24, 2.45) is 5.92 Å². The second-order valence-corrected chi connectivity index (χ2v) is 6.17. The summed E-state index contributed by atoms with van der Waals surface area (Å²) in [7, 11) is 0. The van der Waals surface area contributed by atoms with Crippen LogP contribution >= 0.6 is 0 Å². The Morgan fingerprint density at radius 3 is 2.37 bits per heavy atom. The van der Waals surface area contributed by atoms with Crippen LogP contribution < -0.4 is 0 Å². The van der Waals surface area contributed by atoms with Gasteiger partial charge in [-0.3, -0.25) is 4.90 Å². The number of amides is 1. The Labute approximate surface area is 117 Å². The topological polar surface area (TPSA) is 32.8 Å². The van der Waals surface area contributed by atoms with Gasteiger partial charge in [0.1, 0.15) is 5.60 Å². The van der Waals surface area contributed by atoms with Crippen molar-refractivity contribution >= 4 is 6.09 Å². The van der Waals surface area contributed by atoms with Crippen LogP contribution in [0.1, 0.15) is 34.1 Å². The summed E-state index contributed by atoms with van der Waals surface area (Å²) in [5, 5.41) is 0. The zero-order chi connectivity index (χ0) is 14.5. The highest BCUT2D eigenvalue weighted by Crippen LogP contribution is 2.12. The molecule has 0 saturated carbocycles. The molecular formula is C15H26N2O2. The van der Waals surface area contributed by atoms with Gasteiger partial charge in [-0.15, -0.1) is 12.3 Å². The molecule has 0 spiro atoms. The van der Waals surface area contributed by atoms with E-state index in [1.165, 1.54) is 0 Å². The lowest BCUT2D eigenvalue weighted by atomic mass is 10.1. The van der Waals surface area contributed by atoms with Gasteiger partial charge in [0.25, 0.3) is 0 Å².